The maximum atomic E-state index is 10.6. The fraction of sp³-hybridized carbons (Fsp3) is 0.375. The Hall–Kier alpha value is -2.99. The summed E-state index contributed by atoms with van der Waals surface area (Å²) in [6.07, 6.45) is 4.33. The Morgan fingerprint density at radius 2 is 1.50 bits per heavy atom. The normalized spacial score (nSPS) is 8.30. The molecular formula is C24H36O6. The van der Waals surface area contributed by atoms with Gasteiger partial charge in [0.05, 0.1) is 13.2 Å². The molecule has 0 atom stereocenters. The fourth-order valence-corrected chi connectivity index (χ4v) is 1.24. The van der Waals surface area contributed by atoms with Crippen molar-refractivity contribution >= 4 is 17.7 Å². The van der Waals surface area contributed by atoms with Crippen LogP contribution in [0.4, 0.5) is 0 Å². The molecule has 168 valence electrons. The molecular weight excluding hydrogens is 384 g/mol. The number of carbonyl (C=O) groups is 3. The number of aryl methyl sites for hydroxylation is 1. The van der Waals surface area contributed by atoms with E-state index in [4.69, 9.17) is 9.84 Å². The van der Waals surface area contributed by atoms with Crippen LogP contribution in [-0.2, 0) is 30.3 Å². The SMILES string of the molecule is C=C(C)C(=O)OCCC.C=CC(=O)OCCO.C=CC(C)=O.CCc1ccccc1. The van der Waals surface area contributed by atoms with Crippen LogP contribution in [0.1, 0.15) is 39.7 Å². The average molecular weight is 421 g/mol. The zero-order valence-corrected chi connectivity index (χ0v) is 18.7. The lowest BCUT2D eigenvalue weighted by Crippen LogP contribution is -2.04. The van der Waals surface area contributed by atoms with Crippen molar-refractivity contribution in [2.24, 2.45) is 0 Å². The van der Waals surface area contributed by atoms with Crippen LogP contribution in [0, 0.1) is 0 Å². The predicted molar refractivity (Wildman–Crippen MR) is 121 cm³/mol. The second-order valence-electron chi connectivity index (χ2n) is 5.67. The van der Waals surface area contributed by atoms with Crippen molar-refractivity contribution in [1.82, 2.24) is 0 Å². The quantitative estimate of drug-likeness (QED) is 0.500. The highest BCUT2D eigenvalue weighted by atomic mass is 16.5. The van der Waals surface area contributed by atoms with Crippen LogP contribution in [0.3, 0.4) is 0 Å². The molecule has 0 saturated carbocycles. The Morgan fingerprint density at radius 1 is 0.967 bits per heavy atom. The van der Waals surface area contributed by atoms with E-state index in [0.29, 0.717) is 12.2 Å². The van der Waals surface area contributed by atoms with E-state index in [9.17, 15) is 14.4 Å². The summed E-state index contributed by atoms with van der Waals surface area (Å²) in [5.74, 6) is -0.777. The first-order valence-corrected chi connectivity index (χ1v) is 9.59. The third-order valence-electron chi connectivity index (χ3n) is 2.83. The topological polar surface area (TPSA) is 89.9 Å². The second kappa shape index (κ2) is 24.0. The van der Waals surface area contributed by atoms with Crippen molar-refractivity contribution in [3.05, 3.63) is 73.4 Å². The number of aliphatic hydroxyl groups is 1. The van der Waals surface area contributed by atoms with Gasteiger partial charge in [0.25, 0.3) is 0 Å². The number of carbonyl (C=O) groups excluding carboxylic acids is 3. The molecule has 0 bridgehead atoms. The molecule has 6 nitrogen and oxygen atoms in total. The van der Waals surface area contributed by atoms with E-state index in [1.54, 1.807) is 6.92 Å². The largest absolute Gasteiger partial charge is 0.462 e. The number of ether oxygens (including phenoxy) is 2. The zero-order valence-electron chi connectivity index (χ0n) is 18.7. The molecule has 0 aliphatic rings. The Labute approximate surface area is 180 Å². The van der Waals surface area contributed by atoms with Crippen molar-refractivity contribution in [2.45, 2.75) is 40.5 Å². The van der Waals surface area contributed by atoms with Crippen LogP contribution < -0.4 is 0 Å². The molecule has 0 saturated heterocycles. The number of benzene rings is 1. The first kappa shape index (κ1) is 31.7. The van der Waals surface area contributed by atoms with E-state index in [1.165, 1.54) is 18.6 Å². The van der Waals surface area contributed by atoms with Crippen LogP contribution in [-0.4, -0.2) is 42.6 Å². The molecule has 6 heteroatoms. The zero-order chi connectivity index (χ0) is 23.8. The second-order valence-corrected chi connectivity index (χ2v) is 5.67. The van der Waals surface area contributed by atoms with Gasteiger partial charge in [-0.25, -0.2) is 9.59 Å². The molecule has 1 aromatic rings. The Morgan fingerprint density at radius 3 is 1.80 bits per heavy atom. The van der Waals surface area contributed by atoms with Crippen LogP contribution in [0.2, 0.25) is 0 Å². The third-order valence-corrected chi connectivity index (χ3v) is 2.83. The molecule has 0 aliphatic heterocycles. The number of allylic oxidation sites excluding steroid dienone is 1. The highest BCUT2D eigenvalue weighted by molar-refractivity contribution is 5.87. The van der Waals surface area contributed by atoms with Crippen molar-refractivity contribution < 1.29 is 29.0 Å². The van der Waals surface area contributed by atoms with Crippen LogP contribution in [0.15, 0.2) is 67.8 Å². The summed E-state index contributed by atoms with van der Waals surface area (Å²) >= 11 is 0. The molecule has 0 fully saturated rings. The van der Waals surface area contributed by atoms with E-state index in [2.05, 4.69) is 55.7 Å². The van der Waals surface area contributed by atoms with Crippen molar-refractivity contribution in [2.75, 3.05) is 19.8 Å². The van der Waals surface area contributed by atoms with Gasteiger partial charge in [-0.3, -0.25) is 4.79 Å². The molecule has 1 N–H and O–H groups in total. The number of hydrogen-bond acceptors (Lipinski definition) is 6. The number of hydrogen-bond donors (Lipinski definition) is 1. The van der Waals surface area contributed by atoms with Gasteiger partial charge in [0.2, 0.25) is 0 Å². The summed E-state index contributed by atoms with van der Waals surface area (Å²) in [7, 11) is 0. The highest BCUT2D eigenvalue weighted by Crippen LogP contribution is 1.96. The molecule has 1 aromatic carbocycles. The molecule has 1 rings (SSSR count). The minimum Gasteiger partial charge on any atom is -0.462 e. The van der Waals surface area contributed by atoms with Gasteiger partial charge < -0.3 is 14.6 Å². The van der Waals surface area contributed by atoms with Gasteiger partial charge in [-0.05, 0) is 38.3 Å². The predicted octanol–water partition coefficient (Wildman–Crippen LogP) is 4.23. The molecule has 0 amide bonds. The Bertz CT molecular complexity index is 620. The van der Waals surface area contributed by atoms with E-state index in [0.717, 1.165) is 18.9 Å². The number of rotatable bonds is 8. The first-order valence-electron chi connectivity index (χ1n) is 9.59. The van der Waals surface area contributed by atoms with Crippen molar-refractivity contribution in [3.8, 4) is 0 Å². The van der Waals surface area contributed by atoms with Gasteiger partial charge in [-0.1, -0.05) is 63.9 Å². The smallest absolute Gasteiger partial charge is 0.333 e. The lowest BCUT2D eigenvalue weighted by Gasteiger charge is -1.99. The van der Waals surface area contributed by atoms with E-state index in [1.807, 2.05) is 13.0 Å². The Balaban J connectivity index is -0.000000330. The molecule has 0 aromatic heterocycles. The van der Waals surface area contributed by atoms with Gasteiger partial charge in [0, 0.05) is 11.6 Å². The maximum Gasteiger partial charge on any atom is 0.333 e. The Kier molecular flexibility index (Phi) is 25.4. The molecule has 0 unspecified atom stereocenters. The molecule has 0 heterocycles. The number of aliphatic hydroxyl groups excluding tert-OH is 1. The summed E-state index contributed by atoms with van der Waals surface area (Å²) < 4.78 is 9.05. The lowest BCUT2D eigenvalue weighted by molar-refractivity contribution is -0.139. The average Bonchev–Trinajstić information content (AvgIpc) is 2.77. The molecule has 30 heavy (non-hydrogen) atoms. The van der Waals surface area contributed by atoms with Crippen LogP contribution in [0.5, 0.6) is 0 Å². The minimum atomic E-state index is -0.501. The van der Waals surface area contributed by atoms with Gasteiger partial charge in [-0.2, -0.15) is 0 Å². The van der Waals surface area contributed by atoms with E-state index >= 15 is 0 Å². The highest BCUT2D eigenvalue weighted by Gasteiger charge is 1.99. The fourth-order valence-electron chi connectivity index (χ4n) is 1.24. The summed E-state index contributed by atoms with van der Waals surface area (Å²) in [5.41, 5.74) is 1.87. The lowest BCUT2D eigenvalue weighted by atomic mass is 10.2. The molecule has 0 aliphatic carbocycles. The van der Waals surface area contributed by atoms with Gasteiger partial charge in [0.1, 0.15) is 6.61 Å². The summed E-state index contributed by atoms with van der Waals surface area (Å²) in [5, 5.41) is 8.10. The minimum absolute atomic E-state index is 0.0185. The first-order chi connectivity index (χ1) is 14.2. The summed E-state index contributed by atoms with van der Waals surface area (Å²) in [6.45, 7) is 17.4. The van der Waals surface area contributed by atoms with E-state index in [-0.39, 0.29) is 25.0 Å². The van der Waals surface area contributed by atoms with Crippen molar-refractivity contribution in [1.29, 1.82) is 0 Å². The van der Waals surface area contributed by atoms with Crippen LogP contribution >= 0.6 is 0 Å². The van der Waals surface area contributed by atoms with Crippen LogP contribution in [0.25, 0.3) is 0 Å². The van der Waals surface area contributed by atoms with Crippen molar-refractivity contribution in [3.63, 3.8) is 0 Å². The third kappa shape index (κ3) is 27.2. The standard InChI is InChI=1S/C8H10.C7H12O2.C5H8O3.C4H6O/c1-2-8-6-4-3-5-7-8;1-4-5-9-7(8)6(2)3;1-2-5(7)8-4-3-6;1-3-4(2)5/h3-7H,2H2,1H3;2,4-5H2,1,3H3;2,6H,1,3-4H2;3H,1H2,2H3. The number of ketones is 1. The number of esters is 2. The van der Waals surface area contributed by atoms with Gasteiger partial charge in [-0.15, -0.1) is 0 Å². The van der Waals surface area contributed by atoms with E-state index < -0.39 is 5.97 Å². The molecule has 0 spiro atoms. The monoisotopic (exact) mass is 420 g/mol. The van der Waals surface area contributed by atoms with Gasteiger partial charge >= 0.3 is 11.9 Å². The summed E-state index contributed by atoms with van der Waals surface area (Å²) in [4.78, 5) is 30.4. The maximum absolute atomic E-state index is 10.6. The van der Waals surface area contributed by atoms with Gasteiger partial charge in [0.15, 0.2) is 5.78 Å². The molecule has 0 radical (unpaired) electrons. The summed E-state index contributed by atoms with van der Waals surface area (Å²) in [6, 6.07) is 10.5.